The Labute approximate surface area is 180 Å². The first-order valence-electron chi connectivity index (χ1n) is 10.2. The summed E-state index contributed by atoms with van der Waals surface area (Å²) in [7, 11) is 0. The van der Waals surface area contributed by atoms with E-state index in [1.807, 2.05) is 31.4 Å². The van der Waals surface area contributed by atoms with Crippen LogP contribution in [0.15, 0.2) is 41.6 Å². The van der Waals surface area contributed by atoms with Crippen LogP contribution in [-0.4, -0.2) is 38.3 Å². The predicted molar refractivity (Wildman–Crippen MR) is 117 cm³/mol. The standard InChI is InChI=1S/C23H26FN3O2S/c1-14-8-9-15(2)21(16(14)3)29-12-18(28)13-30-23-26-25-22(27(23)17-10-11-17)19-6-4-5-7-20(19)24/h4-9,17-18,28H,10-13H2,1-3H3/t18-/m0/s1. The summed E-state index contributed by atoms with van der Waals surface area (Å²) in [6, 6.07) is 11.0. The highest BCUT2D eigenvalue weighted by molar-refractivity contribution is 7.99. The van der Waals surface area contributed by atoms with Crippen molar-refractivity contribution < 1.29 is 14.2 Å². The number of halogens is 1. The highest BCUT2D eigenvalue weighted by Crippen LogP contribution is 2.41. The lowest BCUT2D eigenvalue weighted by Gasteiger charge is -2.17. The minimum Gasteiger partial charge on any atom is -0.490 e. The lowest BCUT2D eigenvalue weighted by Crippen LogP contribution is -2.21. The van der Waals surface area contributed by atoms with Gasteiger partial charge in [0.1, 0.15) is 18.2 Å². The van der Waals surface area contributed by atoms with Gasteiger partial charge < -0.3 is 9.84 Å². The molecule has 158 valence electrons. The van der Waals surface area contributed by atoms with Gasteiger partial charge in [0, 0.05) is 11.8 Å². The third-order valence-corrected chi connectivity index (χ3v) is 6.48. The summed E-state index contributed by atoms with van der Waals surface area (Å²) in [6.07, 6.45) is 1.41. The number of ether oxygens (including phenoxy) is 1. The third kappa shape index (κ3) is 4.37. The topological polar surface area (TPSA) is 60.2 Å². The number of nitrogens with zero attached hydrogens (tertiary/aromatic N) is 3. The zero-order valence-corrected chi connectivity index (χ0v) is 18.2. The molecule has 1 saturated carbocycles. The number of aliphatic hydroxyl groups is 1. The first-order valence-corrected chi connectivity index (χ1v) is 11.1. The smallest absolute Gasteiger partial charge is 0.191 e. The van der Waals surface area contributed by atoms with Crippen molar-refractivity contribution in [3.63, 3.8) is 0 Å². The molecule has 2 aromatic carbocycles. The minimum absolute atomic E-state index is 0.204. The molecule has 1 atom stereocenters. The fourth-order valence-corrected chi connectivity index (χ4v) is 4.32. The van der Waals surface area contributed by atoms with Crippen LogP contribution in [0.2, 0.25) is 0 Å². The zero-order valence-electron chi connectivity index (χ0n) is 17.4. The molecule has 5 nitrogen and oxygen atoms in total. The van der Waals surface area contributed by atoms with E-state index in [0.29, 0.717) is 28.3 Å². The number of aromatic nitrogens is 3. The molecule has 1 heterocycles. The molecular weight excluding hydrogens is 401 g/mol. The lowest BCUT2D eigenvalue weighted by atomic mass is 10.1. The fraction of sp³-hybridized carbons (Fsp3) is 0.391. The molecule has 30 heavy (non-hydrogen) atoms. The number of aliphatic hydroxyl groups excluding tert-OH is 1. The summed E-state index contributed by atoms with van der Waals surface area (Å²) in [5.41, 5.74) is 3.77. The van der Waals surface area contributed by atoms with Crippen molar-refractivity contribution in [2.45, 2.75) is 50.9 Å². The molecule has 1 N–H and O–H groups in total. The Morgan fingerprint density at radius 2 is 1.87 bits per heavy atom. The van der Waals surface area contributed by atoms with Crippen LogP contribution >= 0.6 is 11.8 Å². The molecule has 7 heteroatoms. The Morgan fingerprint density at radius 3 is 2.60 bits per heavy atom. The Hall–Kier alpha value is -2.38. The van der Waals surface area contributed by atoms with E-state index in [1.54, 1.807) is 18.2 Å². The Bertz CT molecular complexity index is 1050. The first-order chi connectivity index (χ1) is 14.5. The van der Waals surface area contributed by atoms with Gasteiger partial charge in [-0.15, -0.1) is 10.2 Å². The molecule has 0 aliphatic heterocycles. The van der Waals surface area contributed by atoms with Gasteiger partial charge in [-0.05, 0) is 62.4 Å². The molecule has 1 aromatic heterocycles. The predicted octanol–water partition coefficient (Wildman–Crippen LogP) is 4.88. The largest absolute Gasteiger partial charge is 0.490 e. The van der Waals surface area contributed by atoms with E-state index in [2.05, 4.69) is 16.3 Å². The van der Waals surface area contributed by atoms with Crippen molar-refractivity contribution in [3.8, 4) is 17.1 Å². The van der Waals surface area contributed by atoms with E-state index in [4.69, 9.17) is 4.74 Å². The van der Waals surface area contributed by atoms with Crippen molar-refractivity contribution in [1.82, 2.24) is 14.8 Å². The molecule has 3 aromatic rings. The highest BCUT2D eigenvalue weighted by atomic mass is 32.2. The van der Waals surface area contributed by atoms with Crippen LogP contribution in [0.5, 0.6) is 5.75 Å². The van der Waals surface area contributed by atoms with E-state index in [-0.39, 0.29) is 12.4 Å². The van der Waals surface area contributed by atoms with Crippen LogP contribution < -0.4 is 4.74 Å². The normalized spacial score (nSPS) is 14.7. The van der Waals surface area contributed by atoms with Crippen molar-refractivity contribution in [1.29, 1.82) is 0 Å². The number of hydrogen-bond donors (Lipinski definition) is 1. The second-order valence-corrected chi connectivity index (χ2v) is 8.80. The summed E-state index contributed by atoms with van der Waals surface area (Å²) in [5, 5.41) is 19.7. The average Bonchev–Trinajstić information content (AvgIpc) is 3.49. The van der Waals surface area contributed by atoms with Crippen LogP contribution in [0.3, 0.4) is 0 Å². The second kappa shape index (κ2) is 8.78. The van der Waals surface area contributed by atoms with Crippen molar-refractivity contribution >= 4 is 11.8 Å². The van der Waals surface area contributed by atoms with Gasteiger partial charge in [0.05, 0.1) is 11.7 Å². The van der Waals surface area contributed by atoms with E-state index in [9.17, 15) is 9.50 Å². The van der Waals surface area contributed by atoms with Gasteiger partial charge in [-0.1, -0.05) is 36.0 Å². The first kappa shape index (κ1) is 20.9. The number of rotatable bonds is 8. The minimum atomic E-state index is -0.657. The van der Waals surface area contributed by atoms with E-state index in [1.165, 1.54) is 17.8 Å². The quantitative estimate of drug-likeness (QED) is 0.520. The van der Waals surface area contributed by atoms with Crippen LogP contribution in [0, 0.1) is 26.6 Å². The van der Waals surface area contributed by atoms with Gasteiger partial charge in [0.15, 0.2) is 11.0 Å². The zero-order chi connectivity index (χ0) is 21.3. The van der Waals surface area contributed by atoms with E-state index >= 15 is 0 Å². The number of aryl methyl sites for hydroxylation is 2. The van der Waals surface area contributed by atoms with Gasteiger partial charge in [0.2, 0.25) is 0 Å². The maximum atomic E-state index is 14.3. The van der Waals surface area contributed by atoms with Crippen molar-refractivity contribution in [2.75, 3.05) is 12.4 Å². The SMILES string of the molecule is Cc1ccc(C)c(OC[C@H](O)CSc2nnc(-c3ccccc3F)n2C2CC2)c1C. The molecule has 0 bridgehead atoms. The number of hydrogen-bond acceptors (Lipinski definition) is 5. The van der Waals surface area contributed by atoms with Gasteiger partial charge >= 0.3 is 0 Å². The van der Waals surface area contributed by atoms with Gasteiger partial charge in [0.25, 0.3) is 0 Å². The molecule has 1 aliphatic carbocycles. The number of thioether (sulfide) groups is 1. The summed E-state index contributed by atoms with van der Waals surface area (Å²) in [6.45, 7) is 6.29. The van der Waals surface area contributed by atoms with Crippen molar-refractivity contribution in [3.05, 3.63) is 58.9 Å². The maximum Gasteiger partial charge on any atom is 0.191 e. The fourth-order valence-electron chi connectivity index (χ4n) is 3.41. The molecule has 0 amide bonds. The second-order valence-electron chi connectivity index (χ2n) is 7.82. The molecule has 0 radical (unpaired) electrons. The third-order valence-electron chi connectivity index (χ3n) is 5.39. The molecule has 4 rings (SSSR count). The highest BCUT2D eigenvalue weighted by Gasteiger charge is 2.31. The molecular formula is C23H26FN3O2S. The molecule has 0 spiro atoms. The molecule has 0 unspecified atom stereocenters. The van der Waals surface area contributed by atoms with E-state index in [0.717, 1.165) is 35.3 Å². The van der Waals surface area contributed by atoms with Gasteiger partial charge in [-0.3, -0.25) is 4.57 Å². The van der Waals surface area contributed by atoms with Crippen LogP contribution in [0.4, 0.5) is 4.39 Å². The average molecular weight is 428 g/mol. The van der Waals surface area contributed by atoms with Crippen LogP contribution in [0.1, 0.15) is 35.6 Å². The van der Waals surface area contributed by atoms with Crippen LogP contribution in [-0.2, 0) is 0 Å². The summed E-state index contributed by atoms with van der Waals surface area (Å²) in [5.74, 6) is 1.50. The summed E-state index contributed by atoms with van der Waals surface area (Å²) >= 11 is 1.43. The summed E-state index contributed by atoms with van der Waals surface area (Å²) in [4.78, 5) is 0. The van der Waals surface area contributed by atoms with Gasteiger partial charge in [-0.25, -0.2) is 4.39 Å². The van der Waals surface area contributed by atoms with E-state index < -0.39 is 6.10 Å². The van der Waals surface area contributed by atoms with Crippen LogP contribution in [0.25, 0.3) is 11.4 Å². The number of benzene rings is 2. The molecule has 0 saturated heterocycles. The Morgan fingerprint density at radius 1 is 1.13 bits per heavy atom. The molecule has 1 fully saturated rings. The Balaban J connectivity index is 1.43. The lowest BCUT2D eigenvalue weighted by molar-refractivity contribution is 0.125. The van der Waals surface area contributed by atoms with Crippen molar-refractivity contribution in [2.24, 2.45) is 0 Å². The monoisotopic (exact) mass is 427 g/mol. The molecule has 1 aliphatic rings. The van der Waals surface area contributed by atoms with Gasteiger partial charge in [-0.2, -0.15) is 0 Å². The summed E-state index contributed by atoms with van der Waals surface area (Å²) < 4.78 is 22.2. The maximum absolute atomic E-state index is 14.3. The Kier molecular flexibility index (Phi) is 6.11.